The van der Waals surface area contributed by atoms with Crippen LogP contribution in [0.1, 0.15) is 0 Å². The van der Waals surface area contributed by atoms with Crippen molar-refractivity contribution in [1.29, 1.82) is 0 Å². The van der Waals surface area contributed by atoms with Crippen molar-refractivity contribution in [2.75, 3.05) is 11.1 Å². The number of benzene rings is 3. The van der Waals surface area contributed by atoms with Crippen LogP contribution in [-0.4, -0.2) is 36.4 Å². The monoisotopic (exact) mass is 508 g/mol. The molecule has 6 rings (SSSR count). The fourth-order valence-corrected chi connectivity index (χ4v) is 5.38. The standard InChI is InChI=1S/C27H20N6OS2/c1-33-22-10-6-5-9-20(22)24-25(33)30-27(32-31-24)36-16-23(34)29-26-28-21(15-35-26)19-13-11-18(12-14-19)17-7-3-2-4-8-17/h2-15H,16H2,1H3,(H,28,29,34). The SMILES string of the molecule is Cn1c2ccccc2c2nnc(SCC(=O)Nc3nc(-c4ccc(-c5ccccc5)cc4)cs3)nc21. The second kappa shape index (κ2) is 9.52. The van der Waals surface area contributed by atoms with Crippen molar-refractivity contribution in [1.82, 2.24) is 24.7 Å². The number of carbonyl (C=O) groups excluding carboxylic acids is 1. The summed E-state index contributed by atoms with van der Waals surface area (Å²) in [5.41, 5.74) is 6.71. The number of hydrogen-bond donors (Lipinski definition) is 1. The maximum atomic E-state index is 12.6. The molecule has 3 heterocycles. The van der Waals surface area contributed by atoms with E-state index in [0.717, 1.165) is 38.9 Å². The molecule has 0 saturated heterocycles. The fraction of sp³-hybridized carbons (Fsp3) is 0.0741. The quantitative estimate of drug-likeness (QED) is 0.276. The molecule has 9 heteroatoms. The van der Waals surface area contributed by atoms with Crippen molar-refractivity contribution in [2.45, 2.75) is 5.16 Å². The van der Waals surface area contributed by atoms with Gasteiger partial charge in [-0.1, -0.05) is 84.6 Å². The predicted molar refractivity (Wildman–Crippen MR) is 146 cm³/mol. The topological polar surface area (TPSA) is 85.6 Å². The average molecular weight is 509 g/mol. The summed E-state index contributed by atoms with van der Waals surface area (Å²) in [7, 11) is 1.95. The average Bonchev–Trinajstić information content (AvgIpc) is 3.51. The van der Waals surface area contributed by atoms with Crippen molar-refractivity contribution in [3.63, 3.8) is 0 Å². The number of hydrogen-bond acceptors (Lipinski definition) is 7. The van der Waals surface area contributed by atoms with E-state index in [0.29, 0.717) is 10.3 Å². The zero-order valence-electron chi connectivity index (χ0n) is 19.3. The van der Waals surface area contributed by atoms with Gasteiger partial charge in [0.1, 0.15) is 5.52 Å². The summed E-state index contributed by atoms with van der Waals surface area (Å²) >= 11 is 2.65. The number of amides is 1. The first-order valence-corrected chi connectivity index (χ1v) is 13.1. The predicted octanol–water partition coefficient (Wildman–Crippen LogP) is 6.04. The van der Waals surface area contributed by atoms with Crippen LogP contribution in [0.5, 0.6) is 0 Å². The van der Waals surface area contributed by atoms with E-state index < -0.39 is 0 Å². The number of aromatic nitrogens is 5. The Bertz CT molecular complexity index is 1690. The molecule has 6 aromatic rings. The summed E-state index contributed by atoms with van der Waals surface area (Å²) in [5, 5.41) is 15.4. The first-order valence-electron chi connectivity index (χ1n) is 11.3. The van der Waals surface area contributed by atoms with Gasteiger partial charge in [-0.25, -0.2) is 9.97 Å². The Labute approximate surface area is 215 Å². The number of fused-ring (bicyclic) bond motifs is 3. The van der Waals surface area contributed by atoms with Crippen LogP contribution < -0.4 is 5.32 Å². The third-order valence-corrected chi connectivity index (χ3v) is 7.45. The number of nitrogens with one attached hydrogen (secondary N) is 1. The maximum absolute atomic E-state index is 12.6. The first kappa shape index (κ1) is 22.4. The highest BCUT2D eigenvalue weighted by Crippen LogP contribution is 2.29. The molecule has 176 valence electrons. The van der Waals surface area contributed by atoms with Gasteiger partial charge >= 0.3 is 0 Å². The van der Waals surface area contributed by atoms with E-state index in [1.54, 1.807) is 0 Å². The number of thiazole rings is 1. The minimum Gasteiger partial charge on any atom is -0.327 e. The van der Waals surface area contributed by atoms with Crippen LogP contribution >= 0.6 is 23.1 Å². The molecule has 1 amide bonds. The zero-order chi connectivity index (χ0) is 24.5. The molecule has 0 spiro atoms. The number of thioether (sulfide) groups is 1. The number of rotatable bonds is 6. The molecule has 0 atom stereocenters. The summed E-state index contributed by atoms with van der Waals surface area (Å²) in [6, 6.07) is 26.5. The molecule has 0 saturated carbocycles. The lowest BCUT2D eigenvalue weighted by atomic mass is 10.0. The Kier molecular flexibility index (Phi) is 5.92. The van der Waals surface area contributed by atoms with Crippen molar-refractivity contribution in [3.8, 4) is 22.4 Å². The second-order valence-electron chi connectivity index (χ2n) is 8.16. The van der Waals surface area contributed by atoms with Gasteiger partial charge in [0.15, 0.2) is 10.8 Å². The first-order chi connectivity index (χ1) is 17.7. The highest BCUT2D eigenvalue weighted by molar-refractivity contribution is 7.99. The van der Waals surface area contributed by atoms with Gasteiger partial charge in [-0.15, -0.1) is 21.5 Å². The molecule has 36 heavy (non-hydrogen) atoms. The highest BCUT2D eigenvalue weighted by atomic mass is 32.2. The molecule has 0 radical (unpaired) electrons. The van der Waals surface area contributed by atoms with Crippen molar-refractivity contribution >= 4 is 56.2 Å². The van der Waals surface area contributed by atoms with Crippen molar-refractivity contribution in [3.05, 3.63) is 84.2 Å². The number of anilines is 1. The van der Waals surface area contributed by atoms with Crippen LogP contribution in [0.4, 0.5) is 5.13 Å². The summed E-state index contributed by atoms with van der Waals surface area (Å²) in [6.07, 6.45) is 0. The molecule has 0 aliphatic carbocycles. The largest absolute Gasteiger partial charge is 0.327 e. The summed E-state index contributed by atoms with van der Waals surface area (Å²) in [6.45, 7) is 0. The maximum Gasteiger partial charge on any atom is 0.236 e. The Hall–Kier alpha value is -4.08. The van der Waals surface area contributed by atoms with Gasteiger partial charge in [-0.2, -0.15) is 0 Å². The number of para-hydroxylation sites is 1. The van der Waals surface area contributed by atoms with Crippen molar-refractivity contribution in [2.24, 2.45) is 7.05 Å². The molecule has 3 aromatic carbocycles. The van der Waals surface area contributed by atoms with Gasteiger partial charge < -0.3 is 9.88 Å². The van der Waals surface area contributed by atoms with E-state index in [9.17, 15) is 4.79 Å². The second-order valence-corrected chi connectivity index (χ2v) is 9.96. The number of carbonyl (C=O) groups is 1. The molecule has 7 nitrogen and oxygen atoms in total. The van der Waals surface area contributed by atoms with Gasteiger partial charge in [0.2, 0.25) is 11.1 Å². The van der Waals surface area contributed by atoms with E-state index >= 15 is 0 Å². The summed E-state index contributed by atoms with van der Waals surface area (Å²) < 4.78 is 1.99. The zero-order valence-corrected chi connectivity index (χ0v) is 20.9. The summed E-state index contributed by atoms with van der Waals surface area (Å²) in [5.74, 6) is -0.00118. The van der Waals surface area contributed by atoms with Crippen LogP contribution in [0.15, 0.2) is 89.4 Å². The van der Waals surface area contributed by atoms with Gasteiger partial charge in [0.25, 0.3) is 0 Å². The molecule has 1 N–H and O–H groups in total. The van der Waals surface area contributed by atoms with E-state index in [2.05, 4.69) is 49.7 Å². The highest BCUT2D eigenvalue weighted by Gasteiger charge is 2.14. The van der Waals surface area contributed by atoms with Gasteiger partial charge in [0.05, 0.1) is 17.0 Å². The Morgan fingerprint density at radius 1 is 0.889 bits per heavy atom. The Balaban J connectivity index is 1.10. The molecular weight excluding hydrogens is 488 g/mol. The molecule has 3 aromatic heterocycles. The van der Waals surface area contributed by atoms with Gasteiger partial charge in [-0.3, -0.25) is 4.79 Å². The lowest BCUT2D eigenvalue weighted by Crippen LogP contribution is -2.14. The minimum absolute atomic E-state index is 0.164. The molecular formula is C27H20N6OS2. The van der Waals surface area contributed by atoms with Crippen molar-refractivity contribution < 1.29 is 4.79 Å². The normalized spacial score (nSPS) is 11.2. The number of nitrogens with zero attached hydrogens (tertiary/aromatic N) is 5. The van der Waals surface area contributed by atoms with Gasteiger partial charge in [0, 0.05) is 23.4 Å². The van der Waals surface area contributed by atoms with Crippen LogP contribution in [0.3, 0.4) is 0 Å². The van der Waals surface area contributed by atoms with E-state index in [1.807, 2.05) is 71.6 Å². The van der Waals surface area contributed by atoms with Crippen LogP contribution in [0.2, 0.25) is 0 Å². The van der Waals surface area contributed by atoms with Gasteiger partial charge in [-0.05, 0) is 17.2 Å². The molecule has 0 fully saturated rings. The Morgan fingerprint density at radius 2 is 1.61 bits per heavy atom. The van der Waals surface area contributed by atoms with E-state index in [1.165, 1.54) is 28.7 Å². The lowest BCUT2D eigenvalue weighted by molar-refractivity contribution is -0.113. The van der Waals surface area contributed by atoms with E-state index in [-0.39, 0.29) is 11.7 Å². The lowest BCUT2D eigenvalue weighted by Gasteiger charge is -2.03. The number of aryl methyl sites for hydroxylation is 1. The van der Waals surface area contributed by atoms with Crippen LogP contribution in [-0.2, 0) is 11.8 Å². The van der Waals surface area contributed by atoms with E-state index in [4.69, 9.17) is 0 Å². The van der Waals surface area contributed by atoms with Crippen LogP contribution in [0, 0.1) is 0 Å². The molecule has 0 bridgehead atoms. The smallest absolute Gasteiger partial charge is 0.236 e. The third kappa shape index (κ3) is 4.34. The third-order valence-electron chi connectivity index (χ3n) is 5.86. The summed E-state index contributed by atoms with van der Waals surface area (Å²) in [4.78, 5) is 21.8. The molecule has 0 aliphatic rings. The van der Waals surface area contributed by atoms with Crippen LogP contribution in [0.25, 0.3) is 44.5 Å². The molecule has 0 aliphatic heterocycles. The minimum atomic E-state index is -0.166. The fourth-order valence-electron chi connectivity index (χ4n) is 4.07. The molecule has 0 unspecified atom stereocenters. The Morgan fingerprint density at radius 3 is 2.44 bits per heavy atom.